The van der Waals surface area contributed by atoms with Crippen molar-refractivity contribution in [1.29, 1.82) is 0 Å². The molecular formula is C13H21F3N2O3. The van der Waals surface area contributed by atoms with Crippen LogP contribution in [-0.2, 0) is 14.3 Å². The molecule has 0 aromatic carbocycles. The number of methoxy groups -OCH3 is 1. The smallest absolute Gasteiger partial charge is 0.406 e. The fourth-order valence-corrected chi connectivity index (χ4v) is 2.37. The lowest BCUT2D eigenvalue weighted by Crippen LogP contribution is -2.50. The van der Waals surface area contributed by atoms with Crippen LogP contribution in [0.15, 0.2) is 0 Å². The lowest BCUT2D eigenvalue weighted by atomic mass is 9.79. The summed E-state index contributed by atoms with van der Waals surface area (Å²) >= 11 is 0. The van der Waals surface area contributed by atoms with E-state index < -0.39 is 30.0 Å². The first-order valence-electron chi connectivity index (χ1n) is 6.81. The third-order valence-electron chi connectivity index (χ3n) is 3.69. The number of nitrogens with zero attached hydrogens (tertiary/aromatic N) is 1. The molecule has 0 atom stereocenters. The number of carbonyl (C=O) groups excluding carboxylic acids is 2. The van der Waals surface area contributed by atoms with Gasteiger partial charge in [-0.25, -0.2) is 0 Å². The van der Waals surface area contributed by atoms with Gasteiger partial charge in [0, 0.05) is 12.0 Å². The van der Waals surface area contributed by atoms with Crippen molar-refractivity contribution >= 4 is 11.9 Å². The maximum atomic E-state index is 12.6. The topological polar surface area (TPSA) is 58.6 Å². The lowest BCUT2D eigenvalue weighted by Gasteiger charge is -2.37. The summed E-state index contributed by atoms with van der Waals surface area (Å²) in [5.41, 5.74) is -0.813. The van der Waals surface area contributed by atoms with Crippen LogP contribution in [0.25, 0.3) is 0 Å². The number of piperidine rings is 1. The van der Waals surface area contributed by atoms with Crippen molar-refractivity contribution in [2.75, 3.05) is 33.3 Å². The second-order valence-corrected chi connectivity index (χ2v) is 5.48. The van der Waals surface area contributed by atoms with E-state index in [1.54, 1.807) is 6.92 Å². The molecule has 0 spiro atoms. The highest BCUT2D eigenvalue weighted by Gasteiger charge is 2.41. The molecule has 1 heterocycles. The van der Waals surface area contributed by atoms with Gasteiger partial charge >= 0.3 is 12.1 Å². The molecule has 0 saturated carbocycles. The summed E-state index contributed by atoms with van der Waals surface area (Å²) in [4.78, 5) is 24.3. The van der Waals surface area contributed by atoms with Gasteiger partial charge in [0.05, 0.1) is 13.5 Å². The molecule has 1 fully saturated rings. The van der Waals surface area contributed by atoms with Crippen LogP contribution >= 0.6 is 0 Å². The minimum atomic E-state index is -4.49. The average Bonchev–Trinajstić information content (AvgIpc) is 2.41. The van der Waals surface area contributed by atoms with Gasteiger partial charge in [-0.05, 0) is 25.9 Å². The van der Waals surface area contributed by atoms with Crippen molar-refractivity contribution in [2.45, 2.75) is 32.4 Å². The fraction of sp³-hybridized carbons (Fsp3) is 0.846. The van der Waals surface area contributed by atoms with Crippen LogP contribution in [0.5, 0.6) is 0 Å². The Morgan fingerprint density at radius 2 is 1.86 bits per heavy atom. The van der Waals surface area contributed by atoms with E-state index in [4.69, 9.17) is 0 Å². The highest BCUT2D eigenvalue weighted by atomic mass is 19.4. The number of hydrogen-bond donors (Lipinski definition) is 1. The van der Waals surface area contributed by atoms with Crippen LogP contribution in [-0.4, -0.2) is 56.2 Å². The van der Waals surface area contributed by atoms with E-state index in [0.29, 0.717) is 25.9 Å². The van der Waals surface area contributed by atoms with Gasteiger partial charge in [-0.15, -0.1) is 0 Å². The summed E-state index contributed by atoms with van der Waals surface area (Å²) in [7, 11) is 1.16. The van der Waals surface area contributed by atoms with Gasteiger partial charge in [-0.3, -0.25) is 9.59 Å². The minimum absolute atomic E-state index is 0.243. The standard InChI is InChI=1S/C13H21F3N2O3/c1-12(4-6-17-7-5-12)11(20)18(9-13(14,15)16)8-3-10(19)21-2/h17H,3-9H2,1-2H3. The molecule has 1 saturated heterocycles. The highest BCUT2D eigenvalue weighted by Crippen LogP contribution is 2.31. The van der Waals surface area contributed by atoms with Crippen LogP contribution in [0.2, 0.25) is 0 Å². The summed E-state index contributed by atoms with van der Waals surface area (Å²) < 4.78 is 42.3. The van der Waals surface area contributed by atoms with E-state index in [9.17, 15) is 22.8 Å². The number of carbonyl (C=O) groups is 2. The Morgan fingerprint density at radius 3 is 2.33 bits per heavy atom. The molecule has 1 aliphatic heterocycles. The molecule has 0 bridgehead atoms. The fourth-order valence-electron chi connectivity index (χ4n) is 2.37. The number of rotatable bonds is 5. The number of nitrogens with one attached hydrogen (secondary N) is 1. The molecule has 1 aliphatic rings. The Morgan fingerprint density at radius 1 is 1.29 bits per heavy atom. The Balaban J connectivity index is 2.78. The molecule has 1 rings (SSSR count). The molecule has 5 nitrogen and oxygen atoms in total. The summed E-state index contributed by atoms with van der Waals surface area (Å²) in [5.74, 6) is -1.18. The Hall–Kier alpha value is -1.31. The number of halogens is 3. The Bertz CT molecular complexity index is 379. The van der Waals surface area contributed by atoms with Crippen molar-refractivity contribution in [3.63, 3.8) is 0 Å². The van der Waals surface area contributed by atoms with Crippen LogP contribution in [0.1, 0.15) is 26.2 Å². The van der Waals surface area contributed by atoms with E-state index in [-0.39, 0.29) is 13.0 Å². The zero-order valence-electron chi connectivity index (χ0n) is 12.3. The zero-order chi connectivity index (χ0) is 16.1. The van der Waals surface area contributed by atoms with E-state index in [2.05, 4.69) is 10.1 Å². The van der Waals surface area contributed by atoms with Crippen molar-refractivity contribution in [3.8, 4) is 0 Å². The molecule has 8 heteroatoms. The third-order valence-corrected chi connectivity index (χ3v) is 3.69. The Labute approximate surface area is 121 Å². The lowest BCUT2D eigenvalue weighted by molar-refractivity contribution is -0.169. The highest BCUT2D eigenvalue weighted by molar-refractivity contribution is 5.83. The SMILES string of the molecule is COC(=O)CCN(CC(F)(F)F)C(=O)C1(C)CCNCC1. The predicted octanol–water partition coefficient (Wildman–Crippen LogP) is 1.33. The van der Waals surface area contributed by atoms with E-state index in [1.165, 1.54) is 0 Å². The third kappa shape index (κ3) is 5.53. The molecule has 0 unspecified atom stereocenters. The second kappa shape index (κ2) is 7.11. The predicted molar refractivity (Wildman–Crippen MR) is 69.5 cm³/mol. The minimum Gasteiger partial charge on any atom is -0.469 e. The van der Waals surface area contributed by atoms with Crippen LogP contribution in [0.3, 0.4) is 0 Å². The van der Waals surface area contributed by atoms with Crippen molar-refractivity contribution in [2.24, 2.45) is 5.41 Å². The van der Waals surface area contributed by atoms with Crippen LogP contribution in [0.4, 0.5) is 13.2 Å². The number of alkyl halides is 3. The molecule has 122 valence electrons. The monoisotopic (exact) mass is 310 g/mol. The van der Waals surface area contributed by atoms with Crippen LogP contribution in [0, 0.1) is 5.41 Å². The van der Waals surface area contributed by atoms with Gasteiger partial charge in [-0.2, -0.15) is 13.2 Å². The zero-order valence-corrected chi connectivity index (χ0v) is 12.3. The average molecular weight is 310 g/mol. The van der Waals surface area contributed by atoms with Crippen molar-refractivity contribution in [3.05, 3.63) is 0 Å². The summed E-state index contributed by atoms with van der Waals surface area (Å²) in [6.45, 7) is 1.25. The van der Waals surface area contributed by atoms with Crippen LogP contribution < -0.4 is 5.32 Å². The number of esters is 1. The first-order chi connectivity index (χ1) is 9.68. The van der Waals surface area contributed by atoms with E-state index in [1.807, 2.05) is 0 Å². The maximum Gasteiger partial charge on any atom is 0.406 e. The second-order valence-electron chi connectivity index (χ2n) is 5.48. The Kier molecular flexibility index (Phi) is 6.00. The van der Waals surface area contributed by atoms with Gasteiger partial charge in [0.1, 0.15) is 6.54 Å². The molecule has 21 heavy (non-hydrogen) atoms. The van der Waals surface area contributed by atoms with Crippen molar-refractivity contribution in [1.82, 2.24) is 10.2 Å². The molecule has 0 aromatic rings. The quantitative estimate of drug-likeness (QED) is 0.778. The van der Waals surface area contributed by atoms with E-state index in [0.717, 1.165) is 12.0 Å². The maximum absolute atomic E-state index is 12.6. The summed E-state index contributed by atoms with van der Waals surface area (Å²) in [5, 5.41) is 3.07. The van der Waals surface area contributed by atoms with Gasteiger partial charge in [0.15, 0.2) is 0 Å². The first kappa shape index (κ1) is 17.7. The van der Waals surface area contributed by atoms with E-state index >= 15 is 0 Å². The molecule has 0 aromatic heterocycles. The van der Waals surface area contributed by atoms with Crippen molar-refractivity contribution < 1.29 is 27.5 Å². The normalized spacial score (nSPS) is 18.1. The molecule has 1 N–H and O–H groups in total. The number of ether oxygens (including phenoxy) is 1. The van der Waals surface area contributed by atoms with Gasteiger partial charge in [0.2, 0.25) is 5.91 Å². The number of hydrogen-bond acceptors (Lipinski definition) is 4. The molecule has 0 radical (unpaired) electrons. The molecular weight excluding hydrogens is 289 g/mol. The first-order valence-corrected chi connectivity index (χ1v) is 6.81. The van der Waals surface area contributed by atoms with Gasteiger partial charge in [0.25, 0.3) is 0 Å². The van der Waals surface area contributed by atoms with Gasteiger partial charge < -0.3 is 15.0 Å². The van der Waals surface area contributed by atoms with Gasteiger partial charge in [-0.1, -0.05) is 6.92 Å². The molecule has 1 amide bonds. The molecule has 0 aliphatic carbocycles. The summed E-state index contributed by atoms with van der Waals surface area (Å²) in [6, 6.07) is 0. The largest absolute Gasteiger partial charge is 0.469 e. The summed E-state index contributed by atoms with van der Waals surface area (Å²) in [6.07, 6.45) is -3.77. The number of amides is 1.